The zero-order valence-electron chi connectivity index (χ0n) is 10.2. The van der Waals surface area contributed by atoms with Crippen LogP contribution in [0.4, 0.5) is 0 Å². The van der Waals surface area contributed by atoms with Gasteiger partial charge in [0, 0.05) is 16.6 Å². The van der Waals surface area contributed by atoms with Crippen molar-refractivity contribution in [1.82, 2.24) is 5.32 Å². The van der Waals surface area contributed by atoms with E-state index in [9.17, 15) is 0 Å². The van der Waals surface area contributed by atoms with E-state index in [0.29, 0.717) is 0 Å². The number of nitriles is 1. The molecule has 0 radical (unpaired) electrons. The van der Waals surface area contributed by atoms with Crippen LogP contribution >= 0.6 is 15.9 Å². The van der Waals surface area contributed by atoms with Crippen LogP contribution in [0.15, 0.2) is 16.6 Å². The highest BCUT2D eigenvalue weighted by molar-refractivity contribution is 9.10. The molecule has 0 fully saturated rings. The van der Waals surface area contributed by atoms with Crippen LogP contribution in [-0.2, 0) is 6.54 Å². The number of halogens is 1. The molecule has 0 aliphatic heterocycles. The van der Waals surface area contributed by atoms with Crippen molar-refractivity contribution in [3.05, 3.63) is 27.7 Å². The summed E-state index contributed by atoms with van der Waals surface area (Å²) in [5, 5.41) is 11.9. The maximum Gasteiger partial charge on any atom is 0.174 e. The van der Waals surface area contributed by atoms with E-state index in [2.05, 4.69) is 28.2 Å². The van der Waals surface area contributed by atoms with Crippen LogP contribution in [0.1, 0.15) is 24.5 Å². The molecule has 0 aromatic heterocycles. The summed E-state index contributed by atoms with van der Waals surface area (Å²) >= 11 is 3.48. The van der Waals surface area contributed by atoms with E-state index in [-0.39, 0.29) is 6.61 Å². The summed E-state index contributed by atoms with van der Waals surface area (Å²) in [4.78, 5) is 0. The number of hydrogen-bond donors (Lipinski definition) is 1. The number of rotatable bonds is 6. The van der Waals surface area contributed by atoms with E-state index in [1.807, 2.05) is 25.1 Å². The molecule has 0 aliphatic carbocycles. The first-order valence-electron chi connectivity index (χ1n) is 5.68. The lowest BCUT2D eigenvalue weighted by Gasteiger charge is -2.13. The van der Waals surface area contributed by atoms with Gasteiger partial charge in [0.2, 0.25) is 0 Å². The zero-order chi connectivity index (χ0) is 12.7. The lowest BCUT2D eigenvalue weighted by atomic mass is 10.1. The molecule has 0 saturated heterocycles. The Morgan fingerprint density at radius 2 is 2.24 bits per heavy atom. The van der Waals surface area contributed by atoms with E-state index in [1.165, 1.54) is 0 Å². The van der Waals surface area contributed by atoms with Crippen molar-refractivity contribution in [3.8, 4) is 11.8 Å². The van der Waals surface area contributed by atoms with Crippen molar-refractivity contribution in [2.45, 2.75) is 26.8 Å². The maximum absolute atomic E-state index is 8.58. The molecule has 0 amide bonds. The summed E-state index contributed by atoms with van der Waals surface area (Å²) in [7, 11) is 0. The lowest BCUT2D eigenvalue weighted by molar-refractivity contribution is 0.360. The largest absolute Gasteiger partial charge is 0.478 e. The molecule has 0 spiro atoms. The molecular weight excluding hydrogens is 280 g/mol. The van der Waals surface area contributed by atoms with Crippen LogP contribution in [0, 0.1) is 18.3 Å². The zero-order valence-corrected chi connectivity index (χ0v) is 11.8. The maximum atomic E-state index is 8.58. The molecule has 1 N–H and O–H groups in total. The highest BCUT2D eigenvalue weighted by atomic mass is 79.9. The molecule has 0 atom stereocenters. The standard InChI is InChI=1S/C13H17BrN2O/c1-3-5-16-9-11-8-12(14)7-10(2)13(11)17-6-4-15/h7-8,16H,3,5-6,9H2,1-2H3. The van der Waals surface area contributed by atoms with Crippen LogP contribution in [0.25, 0.3) is 0 Å². The summed E-state index contributed by atoms with van der Waals surface area (Å²) < 4.78 is 6.52. The van der Waals surface area contributed by atoms with Gasteiger partial charge in [-0.15, -0.1) is 0 Å². The van der Waals surface area contributed by atoms with E-state index >= 15 is 0 Å². The van der Waals surface area contributed by atoms with Gasteiger partial charge >= 0.3 is 0 Å². The topological polar surface area (TPSA) is 45.0 Å². The van der Waals surface area contributed by atoms with Crippen molar-refractivity contribution < 1.29 is 4.74 Å². The van der Waals surface area contributed by atoms with Gasteiger partial charge in [-0.1, -0.05) is 22.9 Å². The molecule has 0 heterocycles. The van der Waals surface area contributed by atoms with E-state index in [0.717, 1.165) is 40.9 Å². The Kier molecular flexibility index (Phi) is 6.03. The predicted molar refractivity (Wildman–Crippen MR) is 72.0 cm³/mol. The molecule has 1 aromatic carbocycles. The Bertz CT molecular complexity index is 413. The molecular formula is C13H17BrN2O. The number of nitrogens with one attached hydrogen (secondary N) is 1. The molecule has 1 rings (SSSR count). The average molecular weight is 297 g/mol. The highest BCUT2D eigenvalue weighted by Crippen LogP contribution is 2.28. The fourth-order valence-electron chi connectivity index (χ4n) is 1.64. The first-order valence-corrected chi connectivity index (χ1v) is 6.47. The Labute approximate surface area is 111 Å². The molecule has 92 valence electrons. The average Bonchev–Trinajstić information content (AvgIpc) is 2.28. The second-order valence-corrected chi connectivity index (χ2v) is 4.75. The molecule has 3 nitrogen and oxygen atoms in total. The molecule has 0 bridgehead atoms. The third-order valence-electron chi connectivity index (χ3n) is 2.34. The molecule has 0 unspecified atom stereocenters. The van der Waals surface area contributed by atoms with Crippen molar-refractivity contribution in [2.24, 2.45) is 0 Å². The second kappa shape index (κ2) is 7.31. The quantitative estimate of drug-likeness (QED) is 0.820. The molecule has 0 saturated carbocycles. The van der Waals surface area contributed by atoms with Crippen LogP contribution in [0.3, 0.4) is 0 Å². The first kappa shape index (κ1) is 14.0. The molecule has 4 heteroatoms. The third-order valence-corrected chi connectivity index (χ3v) is 2.80. The molecule has 1 aromatic rings. The number of ether oxygens (including phenoxy) is 1. The minimum Gasteiger partial charge on any atom is -0.478 e. The van der Waals surface area contributed by atoms with Gasteiger partial charge in [0.05, 0.1) is 0 Å². The third kappa shape index (κ3) is 4.37. The highest BCUT2D eigenvalue weighted by Gasteiger charge is 2.08. The van der Waals surface area contributed by atoms with Crippen LogP contribution in [0.5, 0.6) is 5.75 Å². The Balaban J connectivity index is 2.86. The fraction of sp³-hybridized carbons (Fsp3) is 0.462. The smallest absolute Gasteiger partial charge is 0.174 e. The summed E-state index contributed by atoms with van der Waals surface area (Å²) in [6.07, 6.45) is 1.10. The van der Waals surface area contributed by atoms with Gasteiger partial charge in [0.1, 0.15) is 11.8 Å². The monoisotopic (exact) mass is 296 g/mol. The van der Waals surface area contributed by atoms with Gasteiger partial charge in [-0.3, -0.25) is 0 Å². The molecule has 17 heavy (non-hydrogen) atoms. The van der Waals surface area contributed by atoms with Crippen molar-refractivity contribution in [1.29, 1.82) is 5.26 Å². The summed E-state index contributed by atoms with van der Waals surface area (Å²) in [5.74, 6) is 0.818. The SMILES string of the molecule is CCCNCc1cc(Br)cc(C)c1OCC#N. The number of aryl methyl sites for hydroxylation is 1. The molecule has 0 aliphatic rings. The summed E-state index contributed by atoms with van der Waals surface area (Å²) in [6, 6.07) is 6.02. The second-order valence-electron chi connectivity index (χ2n) is 3.83. The van der Waals surface area contributed by atoms with Crippen molar-refractivity contribution in [3.63, 3.8) is 0 Å². The van der Waals surface area contributed by atoms with Gasteiger partial charge in [0.15, 0.2) is 6.61 Å². The fourth-order valence-corrected chi connectivity index (χ4v) is 2.26. The van der Waals surface area contributed by atoms with E-state index < -0.39 is 0 Å². The van der Waals surface area contributed by atoms with Gasteiger partial charge in [0.25, 0.3) is 0 Å². The predicted octanol–water partition coefficient (Wildman–Crippen LogP) is 3.16. The van der Waals surface area contributed by atoms with Gasteiger partial charge in [-0.2, -0.15) is 5.26 Å². The van der Waals surface area contributed by atoms with Gasteiger partial charge < -0.3 is 10.1 Å². The van der Waals surface area contributed by atoms with Crippen LogP contribution < -0.4 is 10.1 Å². The Morgan fingerprint density at radius 3 is 2.88 bits per heavy atom. The Morgan fingerprint density at radius 1 is 1.47 bits per heavy atom. The van der Waals surface area contributed by atoms with Gasteiger partial charge in [-0.05, 0) is 37.6 Å². The lowest BCUT2D eigenvalue weighted by Crippen LogP contribution is -2.15. The number of nitrogens with zero attached hydrogens (tertiary/aromatic N) is 1. The minimum atomic E-state index is 0.0866. The number of benzene rings is 1. The summed E-state index contributed by atoms with van der Waals surface area (Å²) in [6.45, 7) is 5.94. The first-order chi connectivity index (χ1) is 8.19. The normalized spacial score (nSPS) is 10.0. The van der Waals surface area contributed by atoms with Crippen molar-refractivity contribution >= 4 is 15.9 Å². The van der Waals surface area contributed by atoms with Crippen LogP contribution in [0.2, 0.25) is 0 Å². The Hall–Kier alpha value is -1.05. The number of hydrogen-bond acceptors (Lipinski definition) is 3. The van der Waals surface area contributed by atoms with Gasteiger partial charge in [-0.25, -0.2) is 0 Å². The van der Waals surface area contributed by atoms with Crippen molar-refractivity contribution in [2.75, 3.05) is 13.2 Å². The minimum absolute atomic E-state index is 0.0866. The van der Waals surface area contributed by atoms with E-state index in [1.54, 1.807) is 0 Å². The van der Waals surface area contributed by atoms with E-state index in [4.69, 9.17) is 10.00 Å². The van der Waals surface area contributed by atoms with Crippen LogP contribution in [-0.4, -0.2) is 13.2 Å². The summed E-state index contributed by atoms with van der Waals surface area (Å²) in [5.41, 5.74) is 2.13.